The first-order valence-corrected chi connectivity index (χ1v) is 6.11. The lowest BCUT2D eigenvalue weighted by Crippen LogP contribution is -2.45. The van der Waals surface area contributed by atoms with Crippen LogP contribution in [0.25, 0.3) is 0 Å². The highest BCUT2D eigenvalue weighted by Crippen LogP contribution is 2.22. The van der Waals surface area contributed by atoms with Gasteiger partial charge in [0.05, 0.1) is 0 Å². The maximum absolute atomic E-state index is 12.5. The number of rotatable bonds is 6. The minimum Gasteiger partial charge on any atom is -0.351 e. The molecule has 1 N–H and O–H groups in total. The Morgan fingerprint density at radius 1 is 1.22 bits per heavy atom. The molecule has 1 amide bonds. The van der Waals surface area contributed by atoms with Crippen molar-refractivity contribution in [1.29, 1.82) is 0 Å². The molecule has 106 valence electrons. The van der Waals surface area contributed by atoms with Crippen LogP contribution in [0.4, 0.5) is 17.6 Å². The van der Waals surface area contributed by atoms with Gasteiger partial charge in [0, 0.05) is 6.54 Å². The largest absolute Gasteiger partial charge is 0.383 e. The Hall–Kier alpha value is -0.850. The number of carbonyl (C=O) groups excluding carboxylic acids is 1. The predicted octanol–water partition coefficient (Wildman–Crippen LogP) is 1.88. The number of carbonyl (C=O) groups is 1. The highest BCUT2D eigenvalue weighted by Gasteiger charge is 2.48. The lowest BCUT2D eigenvalue weighted by atomic mass is 10.1. The molecule has 0 bridgehead atoms. The summed E-state index contributed by atoms with van der Waals surface area (Å²) >= 11 is 0. The predicted molar refractivity (Wildman–Crippen MR) is 58.9 cm³/mol. The van der Waals surface area contributed by atoms with Crippen molar-refractivity contribution in [3.05, 3.63) is 0 Å². The van der Waals surface area contributed by atoms with Gasteiger partial charge < -0.3 is 10.2 Å². The van der Waals surface area contributed by atoms with Gasteiger partial charge in [0.2, 0.25) is 0 Å². The molecule has 1 rings (SSSR count). The summed E-state index contributed by atoms with van der Waals surface area (Å²) in [7, 11) is 0. The van der Waals surface area contributed by atoms with E-state index in [-0.39, 0.29) is 6.54 Å². The van der Waals surface area contributed by atoms with Crippen molar-refractivity contribution in [1.82, 2.24) is 10.2 Å². The normalized spacial score (nSPS) is 18.1. The van der Waals surface area contributed by atoms with E-state index in [2.05, 4.69) is 4.90 Å². The summed E-state index contributed by atoms with van der Waals surface area (Å²) in [5.41, 5.74) is 0. The van der Waals surface area contributed by atoms with Crippen molar-refractivity contribution in [3.8, 4) is 0 Å². The van der Waals surface area contributed by atoms with Crippen molar-refractivity contribution >= 4 is 5.91 Å². The van der Waals surface area contributed by atoms with Gasteiger partial charge in [-0.15, -0.1) is 0 Å². The number of alkyl halides is 4. The second-order valence-electron chi connectivity index (χ2n) is 4.44. The van der Waals surface area contributed by atoms with Crippen LogP contribution in [0, 0.1) is 0 Å². The highest BCUT2D eigenvalue weighted by molar-refractivity contribution is 5.83. The number of halogens is 4. The average Bonchev–Trinajstić information content (AvgIpc) is 2.35. The molecule has 0 aromatic carbocycles. The summed E-state index contributed by atoms with van der Waals surface area (Å²) in [6.45, 7) is 2.64. The van der Waals surface area contributed by atoms with E-state index in [4.69, 9.17) is 0 Å². The fraction of sp³-hybridized carbons (Fsp3) is 0.909. The lowest BCUT2D eigenvalue weighted by Gasteiger charge is -2.26. The van der Waals surface area contributed by atoms with Crippen molar-refractivity contribution in [2.45, 2.75) is 38.0 Å². The van der Waals surface area contributed by atoms with E-state index in [9.17, 15) is 22.4 Å². The van der Waals surface area contributed by atoms with Gasteiger partial charge in [-0.05, 0) is 38.9 Å². The van der Waals surface area contributed by atoms with Crippen LogP contribution < -0.4 is 5.32 Å². The van der Waals surface area contributed by atoms with E-state index < -0.39 is 18.3 Å². The molecular weight excluding hydrogens is 252 g/mol. The van der Waals surface area contributed by atoms with E-state index in [0.717, 1.165) is 25.9 Å². The topological polar surface area (TPSA) is 32.3 Å². The zero-order valence-electron chi connectivity index (χ0n) is 10.1. The third kappa shape index (κ3) is 4.44. The van der Waals surface area contributed by atoms with Gasteiger partial charge in [-0.1, -0.05) is 6.42 Å². The molecule has 0 radical (unpaired) electrons. The van der Waals surface area contributed by atoms with Crippen LogP contribution in [0.15, 0.2) is 0 Å². The van der Waals surface area contributed by atoms with Crippen molar-refractivity contribution < 1.29 is 22.4 Å². The molecule has 1 fully saturated rings. The van der Waals surface area contributed by atoms with Crippen molar-refractivity contribution in [3.63, 3.8) is 0 Å². The number of hydrogen-bond acceptors (Lipinski definition) is 2. The van der Waals surface area contributed by atoms with E-state index in [0.29, 0.717) is 13.0 Å². The quantitative estimate of drug-likeness (QED) is 0.590. The first kappa shape index (κ1) is 15.2. The summed E-state index contributed by atoms with van der Waals surface area (Å²) in [4.78, 5) is 13.0. The number of amides is 1. The summed E-state index contributed by atoms with van der Waals surface area (Å²) in [6, 6.07) is 0. The zero-order chi connectivity index (χ0) is 13.6. The molecule has 18 heavy (non-hydrogen) atoms. The second kappa shape index (κ2) is 6.92. The Labute approximate surface area is 104 Å². The zero-order valence-corrected chi connectivity index (χ0v) is 10.1. The van der Waals surface area contributed by atoms with Gasteiger partial charge in [-0.2, -0.15) is 8.78 Å². The van der Waals surface area contributed by atoms with Gasteiger partial charge in [0.15, 0.2) is 0 Å². The molecule has 7 heteroatoms. The Bertz CT molecular complexity index is 268. The molecule has 1 aliphatic heterocycles. The minimum atomic E-state index is -4.59. The fourth-order valence-electron chi connectivity index (χ4n) is 1.90. The maximum Gasteiger partial charge on any atom is 0.383 e. The van der Waals surface area contributed by atoms with E-state index in [1.807, 2.05) is 5.32 Å². The molecule has 0 aromatic heterocycles. The smallest absolute Gasteiger partial charge is 0.351 e. The number of nitrogens with zero attached hydrogens (tertiary/aromatic N) is 1. The third-order valence-corrected chi connectivity index (χ3v) is 2.96. The average molecular weight is 270 g/mol. The fourth-order valence-corrected chi connectivity index (χ4v) is 1.90. The van der Waals surface area contributed by atoms with Crippen LogP contribution in [0.3, 0.4) is 0 Å². The minimum absolute atomic E-state index is 0.00234. The third-order valence-electron chi connectivity index (χ3n) is 2.96. The van der Waals surface area contributed by atoms with Gasteiger partial charge in [-0.3, -0.25) is 4.79 Å². The van der Waals surface area contributed by atoms with Crippen LogP contribution in [0.2, 0.25) is 0 Å². The molecular formula is C11H18F4N2O. The van der Waals surface area contributed by atoms with Crippen LogP contribution in [0.1, 0.15) is 25.7 Å². The molecule has 0 spiro atoms. The number of piperidine rings is 1. The maximum atomic E-state index is 12.5. The summed E-state index contributed by atoms with van der Waals surface area (Å²) < 4.78 is 48.8. The summed E-state index contributed by atoms with van der Waals surface area (Å²) in [6.07, 6.45) is -0.0237. The number of nitrogens with one attached hydrogen (secondary N) is 1. The molecule has 0 unspecified atom stereocenters. The molecule has 1 saturated heterocycles. The van der Waals surface area contributed by atoms with E-state index in [1.54, 1.807) is 0 Å². The molecule has 0 saturated carbocycles. The Morgan fingerprint density at radius 2 is 1.83 bits per heavy atom. The SMILES string of the molecule is O=C(NCCCN1CCCCC1)C(F)(F)C(F)F. The van der Waals surface area contributed by atoms with Crippen LogP contribution in [-0.2, 0) is 4.79 Å². The van der Waals surface area contributed by atoms with Crippen LogP contribution >= 0.6 is 0 Å². The van der Waals surface area contributed by atoms with Gasteiger partial charge in [-0.25, -0.2) is 8.78 Å². The number of likely N-dealkylation sites (tertiary alicyclic amines) is 1. The van der Waals surface area contributed by atoms with Gasteiger partial charge in [0.25, 0.3) is 5.91 Å². The van der Waals surface area contributed by atoms with E-state index >= 15 is 0 Å². The van der Waals surface area contributed by atoms with Crippen molar-refractivity contribution in [2.24, 2.45) is 0 Å². The molecule has 0 aromatic rings. The van der Waals surface area contributed by atoms with Gasteiger partial charge >= 0.3 is 12.3 Å². The Morgan fingerprint density at radius 3 is 2.39 bits per heavy atom. The molecule has 1 heterocycles. The van der Waals surface area contributed by atoms with Gasteiger partial charge in [0.1, 0.15) is 0 Å². The second-order valence-corrected chi connectivity index (χ2v) is 4.44. The summed E-state index contributed by atoms with van der Waals surface area (Å²) in [5.74, 6) is -6.48. The highest BCUT2D eigenvalue weighted by atomic mass is 19.3. The van der Waals surface area contributed by atoms with Crippen molar-refractivity contribution in [2.75, 3.05) is 26.2 Å². The summed E-state index contributed by atoms with van der Waals surface area (Å²) in [5, 5.41) is 1.85. The first-order valence-electron chi connectivity index (χ1n) is 6.11. The number of hydrogen-bond donors (Lipinski definition) is 1. The first-order chi connectivity index (χ1) is 8.44. The van der Waals surface area contributed by atoms with Crippen LogP contribution in [-0.4, -0.2) is 49.3 Å². The molecule has 1 aliphatic rings. The lowest BCUT2D eigenvalue weighted by molar-refractivity contribution is -0.169. The monoisotopic (exact) mass is 270 g/mol. The Kier molecular flexibility index (Phi) is 5.84. The molecule has 0 atom stereocenters. The molecule has 3 nitrogen and oxygen atoms in total. The molecule has 0 aliphatic carbocycles. The van der Waals surface area contributed by atoms with Crippen LogP contribution in [0.5, 0.6) is 0 Å². The van der Waals surface area contributed by atoms with E-state index in [1.165, 1.54) is 6.42 Å². The standard InChI is InChI=1S/C11H18F4N2O/c12-9(13)11(14,15)10(18)16-5-4-8-17-6-2-1-3-7-17/h9H,1-8H2,(H,16,18). The Balaban J connectivity index is 2.15.